The number of nitrogens with zero attached hydrogens (tertiary/aromatic N) is 1. The molecule has 302 valence electrons. The third-order valence-corrected chi connectivity index (χ3v) is 14.3. The summed E-state index contributed by atoms with van der Waals surface area (Å²) in [5.74, 6) is 0. The molecule has 0 aliphatic heterocycles. The van der Waals surface area contributed by atoms with Crippen LogP contribution in [-0.4, -0.2) is 0 Å². The fourth-order valence-electron chi connectivity index (χ4n) is 11.5. The summed E-state index contributed by atoms with van der Waals surface area (Å²) in [7, 11) is 0. The number of benzene rings is 11. The van der Waals surface area contributed by atoms with Crippen molar-refractivity contribution >= 4 is 60.5 Å². The van der Waals surface area contributed by atoms with Crippen LogP contribution >= 0.6 is 0 Å². The first-order valence-corrected chi connectivity index (χ1v) is 22.5. The van der Waals surface area contributed by atoms with Crippen molar-refractivity contribution in [2.45, 2.75) is 5.41 Å². The zero-order valence-electron chi connectivity index (χ0n) is 35.4. The second-order valence-corrected chi connectivity index (χ2v) is 17.5. The van der Waals surface area contributed by atoms with E-state index in [0.29, 0.717) is 0 Å². The molecule has 2 heteroatoms. The van der Waals surface area contributed by atoms with Gasteiger partial charge in [-0.2, -0.15) is 0 Å². The number of furan rings is 1. The lowest BCUT2D eigenvalue weighted by Crippen LogP contribution is -2.26. The Hall–Kier alpha value is -8.46. The highest BCUT2D eigenvalue weighted by Crippen LogP contribution is 2.64. The Bertz CT molecular complexity index is 3860. The quantitative estimate of drug-likeness (QED) is 0.172. The second-order valence-electron chi connectivity index (χ2n) is 17.5. The van der Waals surface area contributed by atoms with Gasteiger partial charge in [0.05, 0.1) is 16.8 Å². The molecule has 1 heterocycles. The maximum atomic E-state index is 6.50. The lowest BCUT2D eigenvalue weighted by atomic mass is 9.70. The van der Waals surface area contributed by atoms with Crippen LogP contribution in [0.25, 0.3) is 88.0 Å². The lowest BCUT2D eigenvalue weighted by Gasteiger charge is -2.32. The van der Waals surface area contributed by atoms with E-state index in [4.69, 9.17) is 4.42 Å². The van der Waals surface area contributed by atoms with Gasteiger partial charge in [-0.25, -0.2) is 0 Å². The molecule has 2 nitrogen and oxygen atoms in total. The number of para-hydroxylation sites is 2. The molecule has 11 aromatic carbocycles. The van der Waals surface area contributed by atoms with E-state index in [1.54, 1.807) is 0 Å². The summed E-state index contributed by atoms with van der Waals surface area (Å²) in [5.41, 5.74) is 19.8. The standard InChI is InChI=1S/C63H39NO/c1-2-15-42-38-43(29-28-40(42)14-1)41-30-34-46(35-31-41)64(58-25-11-6-16-47(58)44-32-36-48-45(39-44)33-37-52-51-19-7-12-27-60(51)65-62(48)52)59-26-13-24-57-61(59)53-20-5-10-23-56(53)63(57)54-21-8-3-17-49(54)50-18-4-9-22-55(50)63/h1-39H. The van der Waals surface area contributed by atoms with E-state index in [1.165, 1.54) is 66.4 Å². The van der Waals surface area contributed by atoms with Crippen LogP contribution in [-0.2, 0) is 5.41 Å². The second kappa shape index (κ2) is 13.8. The van der Waals surface area contributed by atoms with E-state index in [1.807, 2.05) is 6.07 Å². The van der Waals surface area contributed by atoms with Crippen LogP contribution in [0.2, 0.25) is 0 Å². The van der Waals surface area contributed by atoms with Crippen LogP contribution in [0, 0.1) is 0 Å². The van der Waals surface area contributed by atoms with E-state index < -0.39 is 5.41 Å². The van der Waals surface area contributed by atoms with Crippen molar-refractivity contribution < 1.29 is 4.42 Å². The molecule has 0 N–H and O–H groups in total. The molecular formula is C63H39NO. The van der Waals surface area contributed by atoms with E-state index in [2.05, 4.69) is 235 Å². The maximum absolute atomic E-state index is 6.50. The Morgan fingerprint density at radius 3 is 1.68 bits per heavy atom. The molecule has 65 heavy (non-hydrogen) atoms. The molecule has 2 aliphatic carbocycles. The molecule has 0 atom stereocenters. The van der Waals surface area contributed by atoms with Crippen LogP contribution in [0.15, 0.2) is 241 Å². The van der Waals surface area contributed by atoms with Gasteiger partial charge in [0.1, 0.15) is 11.2 Å². The summed E-state index contributed by atoms with van der Waals surface area (Å²) >= 11 is 0. The first-order chi connectivity index (χ1) is 32.2. The van der Waals surface area contributed by atoms with Crippen molar-refractivity contribution in [2.24, 2.45) is 0 Å². The van der Waals surface area contributed by atoms with E-state index in [-0.39, 0.29) is 0 Å². The van der Waals surface area contributed by atoms with Crippen LogP contribution in [0.1, 0.15) is 22.3 Å². The summed E-state index contributed by atoms with van der Waals surface area (Å²) in [6.45, 7) is 0. The molecule has 0 bridgehead atoms. The topological polar surface area (TPSA) is 16.4 Å². The maximum Gasteiger partial charge on any atom is 0.143 e. The molecule has 12 aromatic rings. The number of hydrogen-bond acceptors (Lipinski definition) is 2. The van der Waals surface area contributed by atoms with Gasteiger partial charge in [-0.1, -0.05) is 182 Å². The average molecular weight is 826 g/mol. The molecule has 1 aromatic heterocycles. The highest BCUT2D eigenvalue weighted by Gasteiger charge is 2.52. The molecule has 0 saturated heterocycles. The van der Waals surface area contributed by atoms with E-state index >= 15 is 0 Å². The van der Waals surface area contributed by atoms with Crippen molar-refractivity contribution in [1.82, 2.24) is 0 Å². The van der Waals surface area contributed by atoms with Gasteiger partial charge in [0, 0.05) is 33.0 Å². The number of anilines is 3. The van der Waals surface area contributed by atoms with Crippen molar-refractivity contribution in [3.8, 4) is 44.5 Å². The molecule has 0 radical (unpaired) electrons. The van der Waals surface area contributed by atoms with Gasteiger partial charge < -0.3 is 9.32 Å². The Labute approximate surface area is 376 Å². The third-order valence-electron chi connectivity index (χ3n) is 14.3. The first kappa shape index (κ1) is 36.1. The minimum absolute atomic E-state index is 0.458. The van der Waals surface area contributed by atoms with Crippen molar-refractivity contribution in [2.75, 3.05) is 4.90 Å². The van der Waals surface area contributed by atoms with Crippen LogP contribution in [0.3, 0.4) is 0 Å². The third kappa shape index (κ3) is 5.11. The minimum atomic E-state index is -0.458. The fraction of sp³-hybridized carbons (Fsp3) is 0.0159. The molecular weight excluding hydrogens is 787 g/mol. The van der Waals surface area contributed by atoms with Crippen LogP contribution in [0.5, 0.6) is 0 Å². The van der Waals surface area contributed by atoms with Crippen molar-refractivity contribution in [1.29, 1.82) is 0 Å². The average Bonchev–Trinajstić information content (AvgIpc) is 4.01. The molecule has 0 saturated carbocycles. The Kier molecular flexibility index (Phi) is 7.64. The predicted octanol–water partition coefficient (Wildman–Crippen LogP) is 17.0. The van der Waals surface area contributed by atoms with E-state index in [0.717, 1.165) is 60.9 Å². The zero-order valence-corrected chi connectivity index (χ0v) is 35.4. The highest BCUT2D eigenvalue weighted by atomic mass is 16.3. The molecule has 14 rings (SSSR count). The van der Waals surface area contributed by atoms with Crippen molar-refractivity contribution in [3.63, 3.8) is 0 Å². The monoisotopic (exact) mass is 825 g/mol. The largest absolute Gasteiger partial charge is 0.455 e. The molecule has 1 spiro atoms. The number of hydrogen-bond donors (Lipinski definition) is 0. The minimum Gasteiger partial charge on any atom is -0.455 e. The summed E-state index contributed by atoms with van der Waals surface area (Å²) in [6, 6.07) is 87.2. The van der Waals surface area contributed by atoms with Gasteiger partial charge in [-0.15, -0.1) is 0 Å². The van der Waals surface area contributed by atoms with Crippen LogP contribution in [0.4, 0.5) is 17.1 Å². The summed E-state index contributed by atoms with van der Waals surface area (Å²) in [4.78, 5) is 2.51. The van der Waals surface area contributed by atoms with Gasteiger partial charge >= 0.3 is 0 Å². The first-order valence-electron chi connectivity index (χ1n) is 22.5. The Morgan fingerprint density at radius 2 is 0.877 bits per heavy atom. The Balaban J connectivity index is 1.00. The fourth-order valence-corrected chi connectivity index (χ4v) is 11.5. The summed E-state index contributed by atoms with van der Waals surface area (Å²) in [6.07, 6.45) is 0. The van der Waals surface area contributed by atoms with E-state index in [9.17, 15) is 0 Å². The zero-order chi connectivity index (χ0) is 42.6. The van der Waals surface area contributed by atoms with Gasteiger partial charge in [0.25, 0.3) is 0 Å². The molecule has 0 amide bonds. The van der Waals surface area contributed by atoms with Crippen molar-refractivity contribution in [3.05, 3.63) is 259 Å². The number of fused-ring (bicyclic) bond motifs is 16. The van der Waals surface area contributed by atoms with Gasteiger partial charge in [0.2, 0.25) is 0 Å². The van der Waals surface area contributed by atoms with Gasteiger partial charge in [-0.05, 0) is 126 Å². The lowest BCUT2D eigenvalue weighted by molar-refractivity contribution is 0.672. The normalized spacial score (nSPS) is 13.0. The van der Waals surface area contributed by atoms with Gasteiger partial charge in [-0.3, -0.25) is 0 Å². The smallest absolute Gasteiger partial charge is 0.143 e. The predicted molar refractivity (Wildman–Crippen MR) is 271 cm³/mol. The molecule has 0 unspecified atom stereocenters. The SMILES string of the molecule is c1ccc(N(c2ccc(-c3ccc4ccccc4c3)cc2)c2cccc3c2-c2ccccc2C32c3ccccc3-c3ccccc32)c(-c2ccc3c(ccc4c5ccccc5oc34)c2)c1. The molecule has 2 aliphatic rings. The Morgan fingerprint density at radius 1 is 0.323 bits per heavy atom. The van der Waals surface area contributed by atoms with Gasteiger partial charge in [0.15, 0.2) is 0 Å². The molecule has 0 fully saturated rings. The summed E-state index contributed by atoms with van der Waals surface area (Å²) < 4.78 is 6.50. The summed E-state index contributed by atoms with van der Waals surface area (Å²) in [5, 5.41) is 7.03. The van der Waals surface area contributed by atoms with Crippen LogP contribution < -0.4 is 4.90 Å². The number of rotatable bonds is 5. The highest BCUT2D eigenvalue weighted by molar-refractivity contribution is 6.15.